The van der Waals surface area contributed by atoms with Gasteiger partial charge in [-0.15, -0.1) is 0 Å². The Bertz CT molecular complexity index is 944. The topological polar surface area (TPSA) is 35.6 Å². The predicted molar refractivity (Wildman–Crippen MR) is 116 cm³/mol. The molecule has 3 aromatic rings. The summed E-state index contributed by atoms with van der Waals surface area (Å²) < 4.78 is 0. The van der Waals surface area contributed by atoms with Crippen LogP contribution >= 0.6 is 11.6 Å². The lowest BCUT2D eigenvalue weighted by molar-refractivity contribution is 0.0949. The van der Waals surface area contributed by atoms with Crippen LogP contribution in [0.25, 0.3) is 10.8 Å². The third kappa shape index (κ3) is 4.29. The van der Waals surface area contributed by atoms with Gasteiger partial charge in [-0.1, -0.05) is 48.0 Å². The molecular weight excluding hydrogens is 370 g/mol. The Morgan fingerprint density at radius 1 is 0.893 bits per heavy atom. The molecule has 0 spiro atoms. The fraction of sp³-hybridized carbons (Fsp3) is 0.261. The average molecular weight is 394 g/mol. The molecule has 5 heteroatoms. The summed E-state index contributed by atoms with van der Waals surface area (Å²) in [6, 6.07) is 21.9. The largest absolute Gasteiger partial charge is 0.369 e. The van der Waals surface area contributed by atoms with Crippen molar-refractivity contribution in [2.45, 2.75) is 0 Å². The van der Waals surface area contributed by atoms with E-state index in [0.717, 1.165) is 54.1 Å². The first kappa shape index (κ1) is 18.8. The van der Waals surface area contributed by atoms with E-state index in [9.17, 15) is 4.79 Å². The maximum Gasteiger partial charge on any atom is 0.251 e. The fourth-order valence-electron chi connectivity index (χ4n) is 3.73. The summed E-state index contributed by atoms with van der Waals surface area (Å²) in [5.41, 5.74) is 1.96. The van der Waals surface area contributed by atoms with Crippen molar-refractivity contribution in [1.82, 2.24) is 10.2 Å². The van der Waals surface area contributed by atoms with Gasteiger partial charge in [-0.05, 0) is 41.1 Å². The minimum atomic E-state index is -0.00315. The van der Waals surface area contributed by atoms with E-state index in [1.807, 2.05) is 54.6 Å². The third-order valence-corrected chi connectivity index (χ3v) is 5.56. The first-order valence-corrected chi connectivity index (χ1v) is 10.1. The molecule has 1 heterocycles. The van der Waals surface area contributed by atoms with Crippen molar-refractivity contribution in [2.24, 2.45) is 0 Å². The molecule has 3 aromatic carbocycles. The van der Waals surface area contributed by atoms with Crippen molar-refractivity contribution in [1.29, 1.82) is 0 Å². The van der Waals surface area contributed by atoms with Gasteiger partial charge >= 0.3 is 0 Å². The number of benzene rings is 3. The van der Waals surface area contributed by atoms with Gasteiger partial charge in [0, 0.05) is 55.5 Å². The number of halogens is 1. The van der Waals surface area contributed by atoms with Gasteiger partial charge in [-0.25, -0.2) is 0 Å². The highest BCUT2D eigenvalue weighted by Crippen LogP contribution is 2.20. The molecular formula is C23H24ClN3O. The number of carbonyl (C=O) groups excluding carboxylic acids is 1. The van der Waals surface area contributed by atoms with Crippen LogP contribution < -0.4 is 10.2 Å². The van der Waals surface area contributed by atoms with Crippen LogP contribution in [0.5, 0.6) is 0 Å². The molecule has 0 aliphatic carbocycles. The second kappa shape index (κ2) is 8.63. The van der Waals surface area contributed by atoms with Crippen LogP contribution in [0, 0.1) is 0 Å². The van der Waals surface area contributed by atoms with Crippen LogP contribution in [0.4, 0.5) is 5.69 Å². The van der Waals surface area contributed by atoms with Gasteiger partial charge in [-0.3, -0.25) is 9.69 Å². The molecule has 144 valence electrons. The Balaban J connectivity index is 1.27. The second-order valence-electron chi connectivity index (χ2n) is 7.09. The summed E-state index contributed by atoms with van der Waals surface area (Å²) >= 11 is 5.97. The first-order valence-electron chi connectivity index (χ1n) is 9.69. The molecule has 1 N–H and O–H groups in total. The summed E-state index contributed by atoms with van der Waals surface area (Å²) in [4.78, 5) is 17.4. The second-order valence-corrected chi connectivity index (χ2v) is 7.52. The van der Waals surface area contributed by atoms with Crippen LogP contribution in [-0.4, -0.2) is 50.1 Å². The highest BCUT2D eigenvalue weighted by molar-refractivity contribution is 6.30. The summed E-state index contributed by atoms with van der Waals surface area (Å²) in [6.07, 6.45) is 0. The smallest absolute Gasteiger partial charge is 0.251 e. The van der Waals surface area contributed by atoms with E-state index in [1.165, 1.54) is 5.69 Å². The van der Waals surface area contributed by atoms with Crippen LogP contribution in [-0.2, 0) is 0 Å². The molecule has 0 bridgehead atoms. The summed E-state index contributed by atoms with van der Waals surface area (Å²) in [7, 11) is 0. The lowest BCUT2D eigenvalue weighted by atomic mass is 10.0. The van der Waals surface area contributed by atoms with Crippen LogP contribution in [0.15, 0.2) is 66.7 Å². The zero-order valence-corrected chi connectivity index (χ0v) is 16.5. The molecule has 0 atom stereocenters. The number of fused-ring (bicyclic) bond motifs is 1. The Hall–Kier alpha value is -2.56. The van der Waals surface area contributed by atoms with E-state index in [0.29, 0.717) is 6.54 Å². The summed E-state index contributed by atoms with van der Waals surface area (Å²) in [5, 5.41) is 5.94. The lowest BCUT2D eigenvalue weighted by Gasteiger charge is -2.36. The van der Waals surface area contributed by atoms with Crippen LogP contribution in [0.3, 0.4) is 0 Å². The highest BCUT2D eigenvalue weighted by atomic mass is 35.5. The molecule has 28 heavy (non-hydrogen) atoms. The zero-order chi connectivity index (χ0) is 19.3. The monoisotopic (exact) mass is 393 g/mol. The van der Waals surface area contributed by atoms with Crippen LogP contribution in [0.1, 0.15) is 10.4 Å². The molecule has 4 nitrogen and oxygen atoms in total. The highest BCUT2D eigenvalue weighted by Gasteiger charge is 2.17. The number of piperazine rings is 1. The molecule has 0 radical (unpaired) electrons. The molecule has 1 aliphatic rings. The van der Waals surface area contributed by atoms with Gasteiger partial charge in [0.15, 0.2) is 0 Å². The third-order valence-electron chi connectivity index (χ3n) is 5.31. The van der Waals surface area contributed by atoms with E-state index in [-0.39, 0.29) is 5.91 Å². The Morgan fingerprint density at radius 3 is 2.39 bits per heavy atom. The number of rotatable bonds is 5. The number of amides is 1. The fourth-order valence-corrected chi connectivity index (χ4v) is 3.85. The summed E-state index contributed by atoms with van der Waals surface area (Å²) in [6.45, 7) is 5.48. The maximum absolute atomic E-state index is 12.6. The van der Waals surface area contributed by atoms with Gasteiger partial charge in [-0.2, -0.15) is 0 Å². The van der Waals surface area contributed by atoms with Gasteiger partial charge in [0.2, 0.25) is 0 Å². The van der Waals surface area contributed by atoms with E-state index in [1.54, 1.807) is 0 Å². The zero-order valence-electron chi connectivity index (χ0n) is 15.8. The minimum absolute atomic E-state index is 0.00315. The molecule has 1 saturated heterocycles. The Morgan fingerprint density at radius 2 is 1.61 bits per heavy atom. The number of nitrogens with zero attached hydrogens (tertiary/aromatic N) is 2. The standard InChI is InChI=1S/C23H24ClN3O/c24-19-8-10-20(11-9-19)27-16-14-26(15-17-27)13-12-25-23(28)22-7-3-5-18-4-1-2-6-21(18)22/h1-11H,12-17H2,(H,25,28). The number of nitrogens with one attached hydrogen (secondary N) is 1. The average Bonchev–Trinajstić information content (AvgIpc) is 2.74. The van der Waals surface area contributed by atoms with Crippen molar-refractivity contribution in [3.63, 3.8) is 0 Å². The van der Waals surface area contributed by atoms with E-state index in [4.69, 9.17) is 11.6 Å². The number of hydrogen-bond donors (Lipinski definition) is 1. The number of carbonyl (C=O) groups is 1. The lowest BCUT2D eigenvalue weighted by Crippen LogP contribution is -2.48. The quantitative estimate of drug-likeness (QED) is 0.710. The van der Waals surface area contributed by atoms with Gasteiger partial charge < -0.3 is 10.2 Å². The number of hydrogen-bond acceptors (Lipinski definition) is 3. The van der Waals surface area contributed by atoms with E-state index in [2.05, 4.69) is 27.2 Å². The normalized spacial score (nSPS) is 15.0. The predicted octanol–water partition coefficient (Wildman–Crippen LogP) is 4.05. The molecule has 0 unspecified atom stereocenters. The van der Waals surface area contributed by atoms with Gasteiger partial charge in [0.1, 0.15) is 0 Å². The van der Waals surface area contributed by atoms with Crippen molar-refractivity contribution in [3.05, 3.63) is 77.3 Å². The van der Waals surface area contributed by atoms with Gasteiger partial charge in [0.05, 0.1) is 0 Å². The SMILES string of the molecule is O=C(NCCN1CCN(c2ccc(Cl)cc2)CC1)c1cccc2ccccc12. The maximum atomic E-state index is 12.6. The molecule has 4 rings (SSSR count). The van der Waals surface area contributed by atoms with Gasteiger partial charge in [0.25, 0.3) is 5.91 Å². The molecule has 1 amide bonds. The molecule has 0 aromatic heterocycles. The van der Waals surface area contributed by atoms with E-state index >= 15 is 0 Å². The Labute approximate surface area is 170 Å². The van der Waals surface area contributed by atoms with Crippen molar-refractivity contribution in [2.75, 3.05) is 44.2 Å². The molecule has 1 aliphatic heterocycles. The van der Waals surface area contributed by atoms with Crippen molar-refractivity contribution in [3.8, 4) is 0 Å². The summed E-state index contributed by atoms with van der Waals surface area (Å²) in [5.74, 6) is -0.00315. The number of anilines is 1. The Kier molecular flexibility index (Phi) is 5.79. The first-order chi connectivity index (χ1) is 13.7. The van der Waals surface area contributed by atoms with E-state index < -0.39 is 0 Å². The van der Waals surface area contributed by atoms with Crippen molar-refractivity contribution >= 4 is 34.0 Å². The minimum Gasteiger partial charge on any atom is -0.369 e. The van der Waals surface area contributed by atoms with Crippen molar-refractivity contribution < 1.29 is 4.79 Å². The van der Waals surface area contributed by atoms with Crippen LogP contribution in [0.2, 0.25) is 5.02 Å². The molecule has 0 saturated carbocycles. The molecule has 1 fully saturated rings.